The number of nitrogens with zero attached hydrogens (tertiary/aromatic N) is 1. The lowest BCUT2D eigenvalue weighted by Gasteiger charge is -2.31. The zero-order valence-electron chi connectivity index (χ0n) is 10.4. The molecule has 2 N–H and O–H groups in total. The van der Waals surface area contributed by atoms with Crippen LogP contribution in [0.5, 0.6) is 0 Å². The first-order chi connectivity index (χ1) is 8.61. The first kappa shape index (κ1) is 13.2. The van der Waals surface area contributed by atoms with Gasteiger partial charge in [0.05, 0.1) is 10.6 Å². The molecule has 18 heavy (non-hydrogen) atoms. The van der Waals surface area contributed by atoms with E-state index >= 15 is 0 Å². The van der Waals surface area contributed by atoms with Gasteiger partial charge in [0.15, 0.2) is 0 Å². The Morgan fingerprint density at radius 1 is 1.44 bits per heavy atom. The Morgan fingerprint density at radius 3 is 2.72 bits per heavy atom. The second kappa shape index (κ2) is 5.59. The Bertz CT molecular complexity index is 424. The molecule has 1 amide bonds. The van der Waals surface area contributed by atoms with Crippen molar-refractivity contribution in [3.05, 3.63) is 28.8 Å². The van der Waals surface area contributed by atoms with Crippen LogP contribution in [-0.2, 0) is 4.74 Å². The minimum Gasteiger partial charge on any atom is -0.398 e. The lowest BCUT2D eigenvalue weighted by molar-refractivity contribution is 0.0363. The Morgan fingerprint density at radius 2 is 2.11 bits per heavy atom. The molecule has 0 bridgehead atoms. The van der Waals surface area contributed by atoms with Crippen LogP contribution in [-0.4, -0.2) is 37.1 Å². The van der Waals surface area contributed by atoms with Crippen LogP contribution >= 0.6 is 11.6 Å². The average molecular weight is 269 g/mol. The summed E-state index contributed by atoms with van der Waals surface area (Å²) in [5.74, 6) is -0.120. The molecule has 0 radical (unpaired) electrons. The molecule has 1 aliphatic rings. The van der Waals surface area contributed by atoms with E-state index in [0.717, 1.165) is 12.8 Å². The maximum Gasteiger partial charge on any atom is 0.257 e. The molecule has 0 aromatic heterocycles. The number of nitrogens with two attached hydrogens (primary N) is 1. The van der Waals surface area contributed by atoms with Crippen molar-refractivity contribution in [1.82, 2.24) is 4.90 Å². The molecular formula is C13H17ClN2O2. The van der Waals surface area contributed by atoms with E-state index in [1.165, 1.54) is 0 Å². The molecule has 1 aliphatic heterocycles. The Labute approximate surface area is 112 Å². The van der Waals surface area contributed by atoms with Crippen molar-refractivity contribution >= 4 is 23.2 Å². The first-order valence-corrected chi connectivity index (χ1v) is 6.38. The van der Waals surface area contributed by atoms with E-state index in [-0.39, 0.29) is 11.9 Å². The predicted octanol–water partition coefficient (Wildman–Crippen LogP) is 2.17. The van der Waals surface area contributed by atoms with Crippen molar-refractivity contribution in [3.8, 4) is 0 Å². The van der Waals surface area contributed by atoms with Gasteiger partial charge in [-0.25, -0.2) is 0 Å². The fourth-order valence-electron chi connectivity index (χ4n) is 2.18. The van der Waals surface area contributed by atoms with Gasteiger partial charge in [0.25, 0.3) is 5.91 Å². The number of amides is 1. The maximum absolute atomic E-state index is 12.4. The SMILES string of the molecule is CN(C(=O)c1c(N)cccc1Cl)C1CCOCC1. The highest BCUT2D eigenvalue weighted by atomic mass is 35.5. The number of halogens is 1. The highest BCUT2D eigenvalue weighted by Gasteiger charge is 2.25. The number of anilines is 1. The lowest BCUT2D eigenvalue weighted by atomic mass is 10.1. The molecule has 1 aromatic carbocycles. The van der Waals surface area contributed by atoms with E-state index in [2.05, 4.69) is 0 Å². The van der Waals surface area contributed by atoms with Crippen LogP contribution in [0.3, 0.4) is 0 Å². The normalized spacial score (nSPS) is 16.6. The topological polar surface area (TPSA) is 55.6 Å². The lowest BCUT2D eigenvalue weighted by Crippen LogP contribution is -2.41. The first-order valence-electron chi connectivity index (χ1n) is 6.00. The van der Waals surface area contributed by atoms with E-state index < -0.39 is 0 Å². The molecule has 0 saturated carbocycles. The van der Waals surface area contributed by atoms with E-state index in [4.69, 9.17) is 22.1 Å². The number of rotatable bonds is 2. The summed E-state index contributed by atoms with van der Waals surface area (Å²) < 4.78 is 5.29. The van der Waals surface area contributed by atoms with Gasteiger partial charge >= 0.3 is 0 Å². The fraction of sp³-hybridized carbons (Fsp3) is 0.462. The van der Waals surface area contributed by atoms with Crippen molar-refractivity contribution in [2.24, 2.45) is 0 Å². The van der Waals surface area contributed by atoms with Gasteiger partial charge in [0.2, 0.25) is 0 Å². The predicted molar refractivity (Wildman–Crippen MR) is 71.8 cm³/mol. The van der Waals surface area contributed by atoms with Crippen LogP contribution in [0, 0.1) is 0 Å². The summed E-state index contributed by atoms with van der Waals surface area (Å²) in [7, 11) is 1.79. The van der Waals surface area contributed by atoms with Gasteiger partial charge in [0.1, 0.15) is 0 Å². The second-order valence-electron chi connectivity index (χ2n) is 4.46. The summed E-state index contributed by atoms with van der Waals surface area (Å²) in [4.78, 5) is 14.1. The highest BCUT2D eigenvalue weighted by Crippen LogP contribution is 2.25. The van der Waals surface area contributed by atoms with E-state index in [9.17, 15) is 4.79 Å². The van der Waals surface area contributed by atoms with Crippen molar-refractivity contribution in [1.29, 1.82) is 0 Å². The quantitative estimate of drug-likeness (QED) is 0.837. The summed E-state index contributed by atoms with van der Waals surface area (Å²) in [6.45, 7) is 1.39. The van der Waals surface area contributed by atoms with Gasteiger partial charge < -0.3 is 15.4 Å². The number of hydrogen-bond donors (Lipinski definition) is 1. The Kier molecular flexibility index (Phi) is 4.09. The summed E-state index contributed by atoms with van der Waals surface area (Å²) in [6.07, 6.45) is 1.71. The van der Waals surface area contributed by atoms with Gasteiger partial charge in [0, 0.05) is 32.0 Å². The molecule has 0 spiro atoms. The summed E-state index contributed by atoms with van der Waals surface area (Å²) in [5, 5.41) is 0.402. The molecule has 1 saturated heterocycles. The third-order valence-electron chi connectivity index (χ3n) is 3.32. The number of nitrogen functional groups attached to an aromatic ring is 1. The monoisotopic (exact) mass is 268 g/mol. The van der Waals surface area contributed by atoms with Crippen molar-refractivity contribution in [3.63, 3.8) is 0 Å². The molecule has 4 nitrogen and oxygen atoms in total. The molecule has 0 aliphatic carbocycles. The van der Waals surface area contributed by atoms with Gasteiger partial charge in [-0.3, -0.25) is 4.79 Å². The molecule has 1 fully saturated rings. The molecular weight excluding hydrogens is 252 g/mol. The third kappa shape index (κ3) is 2.60. The van der Waals surface area contributed by atoms with Gasteiger partial charge in [-0.15, -0.1) is 0 Å². The molecule has 1 heterocycles. The smallest absolute Gasteiger partial charge is 0.257 e. The van der Waals surface area contributed by atoms with E-state index in [0.29, 0.717) is 29.5 Å². The highest BCUT2D eigenvalue weighted by molar-refractivity contribution is 6.34. The Balaban J connectivity index is 2.19. The Hall–Kier alpha value is -1.26. The zero-order chi connectivity index (χ0) is 13.1. The molecule has 1 aromatic rings. The van der Waals surface area contributed by atoms with Crippen LogP contribution in [0.2, 0.25) is 5.02 Å². The molecule has 98 valence electrons. The third-order valence-corrected chi connectivity index (χ3v) is 3.63. The molecule has 0 unspecified atom stereocenters. The standard InChI is InChI=1S/C13H17ClN2O2/c1-16(9-5-7-18-8-6-9)13(17)12-10(14)3-2-4-11(12)15/h2-4,9H,5-8,15H2,1H3. The van der Waals surface area contributed by atoms with Crippen LogP contribution in [0.25, 0.3) is 0 Å². The number of hydrogen-bond acceptors (Lipinski definition) is 3. The van der Waals surface area contributed by atoms with Gasteiger partial charge in [-0.2, -0.15) is 0 Å². The van der Waals surface area contributed by atoms with Crippen molar-refractivity contribution in [2.45, 2.75) is 18.9 Å². The van der Waals surface area contributed by atoms with Crippen LogP contribution in [0.1, 0.15) is 23.2 Å². The van der Waals surface area contributed by atoms with E-state index in [1.807, 2.05) is 0 Å². The minimum atomic E-state index is -0.120. The van der Waals surface area contributed by atoms with Crippen molar-refractivity contribution < 1.29 is 9.53 Å². The van der Waals surface area contributed by atoms with Crippen molar-refractivity contribution in [2.75, 3.05) is 26.0 Å². The van der Waals surface area contributed by atoms with E-state index in [1.54, 1.807) is 30.1 Å². The summed E-state index contributed by atoms with van der Waals surface area (Å²) in [6, 6.07) is 5.31. The minimum absolute atomic E-state index is 0.120. The molecule has 0 atom stereocenters. The van der Waals surface area contributed by atoms with Crippen LogP contribution < -0.4 is 5.73 Å². The summed E-state index contributed by atoms with van der Waals surface area (Å²) in [5.41, 5.74) is 6.65. The average Bonchev–Trinajstić information content (AvgIpc) is 2.38. The van der Waals surface area contributed by atoms with Gasteiger partial charge in [-0.05, 0) is 25.0 Å². The maximum atomic E-state index is 12.4. The number of ether oxygens (including phenoxy) is 1. The number of benzene rings is 1. The van der Waals surface area contributed by atoms with Crippen LogP contribution in [0.15, 0.2) is 18.2 Å². The molecule has 5 heteroatoms. The number of carbonyl (C=O) groups excluding carboxylic acids is 1. The number of carbonyl (C=O) groups is 1. The fourth-order valence-corrected chi connectivity index (χ4v) is 2.44. The van der Waals surface area contributed by atoms with Gasteiger partial charge in [-0.1, -0.05) is 17.7 Å². The zero-order valence-corrected chi connectivity index (χ0v) is 11.1. The molecule has 2 rings (SSSR count). The largest absolute Gasteiger partial charge is 0.398 e. The van der Waals surface area contributed by atoms with Crippen LogP contribution in [0.4, 0.5) is 5.69 Å². The second-order valence-corrected chi connectivity index (χ2v) is 4.87. The summed E-state index contributed by atoms with van der Waals surface area (Å²) >= 11 is 6.06.